The smallest absolute Gasteiger partial charge is 0.407 e. The maximum atomic E-state index is 12.7. The number of hydrogen-bond acceptors (Lipinski definition) is 5. The van der Waals surface area contributed by atoms with Crippen LogP contribution < -0.4 is 10.6 Å². The van der Waals surface area contributed by atoms with E-state index < -0.39 is 24.0 Å². The van der Waals surface area contributed by atoms with Gasteiger partial charge in [0.15, 0.2) is 0 Å². The lowest BCUT2D eigenvalue weighted by Crippen LogP contribution is -2.47. The number of carbonyl (C=O) groups is 3. The van der Waals surface area contributed by atoms with E-state index in [2.05, 4.69) is 15.6 Å². The molecule has 2 amide bonds. The molecule has 3 N–H and O–H groups in total. The fourth-order valence-corrected chi connectivity index (χ4v) is 4.29. The van der Waals surface area contributed by atoms with Crippen molar-refractivity contribution in [3.63, 3.8) is 0 Å². The molecule has 4 rings (SSSR count). The number of carbonyl (C=O) groups excluding carboxylic acids is 2. The Kier molecular flexibility index (Phi) is 7.45. The van der Waals surface area contributed by atoms with Crippen LogP contribution in [0, 0.1) is 0 Å². The largest absolute Gasteiger partial charge is 0.481 e. The monoisotopic (exact) mass is 476 g/mol. The third kappa shape index (κ3) is 5.68. The number of aliphatic carboxylic acids is 1. The van der Waals surface area contributed by atoms with Crippen LogP contribution in [0.3, 0.4) is 0 Å². The van der Waals surface area contributed by atoms with Crippen LogP contribution in [0.2, 0.25) is 0 Å². The topological polar surface area (TPSA) is 123 Å². The maximum absolute atomic E-state index is 12.7. The molecule has 2 aromatic carbocycles. The molecule has 0 fully saturated rings. The number of fused-ring (bicyclic) bond motifs is 3. The number of ether oxygens (including phenoxy) is 1. The summed E-state index contributed by atoms with van der Waals surface area (Å²) in [6.07, 6.45) is 2.37. The Morgan fingerprint density at radius 3 is 2.34 bits per heavy atom. The summed E-state index contributed by atoms with van der Waals surface area (Å²) in [6.45, 7) is 3.00. The number of carboxylic acid groups (broad SMARTS) is 1. The summed E-state index contributed by atoms with van der Waals surface area (Å²) in [4.78, 5) is 40.6. The van der Waals surface area contributed by atoms with Crippen molar-refractivity contribution in [1.82, 2.24) is 20.2 Å². The molecule has 1 atom stereocenters. The standard InChI is InChI=1S/C26H28N4O5/c1-2-30-14-17(28-16-30)13-27-25(33)23(11-12-24(31)32)29-26(34)35-15-22-20-9-5-3-7-18(20)19-8-4-6-10-21(19)22/h3-10,14,16,22-23H,2,11-13,15H2,1H3,(H,27,33)(H,29,34)(H,31,32). The predicted octanol–water partition coefficient (Wildman–Crippen LogP) is 3.29. The SMILES string of the molecule is CCn1cnc(CNC(=O)C(CCC(=O)O)NC(=O)OCC2c3ccccc3-c3ccccc32)c1. The lowest BCUT2D eigenvalue weighted by Gasteiger charge is -2.19. The Morgan fingerprint density at radius 1 is 1.09 bits per heavy atom. The van der Waals surface area contributed by atoms with E-state index in [1.54, 1.807) is 6.33 Å². The number of hydrogen-bond donors (Lipinski definition) is 3. The van der Waals surface area contributed by atoms with Crippen LogP contribution in [0.25, 0.3) is 11.1 Å². The van der Waals surface area contributed by atoms with Crippen LogP contribution in [0.5, 0.6) is 0 Å². The molecule has 1 aromatic heterocycles. The minimum absolute atomic E-state index is 0.0608. The number of rotatable bonds is 10. The summed E-state index contributed by atoms with van der Waals surface area (Å²) in [5, 5.41) is 14.3. The van der Waals surface area contributed by atoms with Crippen LogP contribution in [0.4, 0.5) is 4.79 Å². The summed E-state index contributed by atoms with van der Waals surface area (Å²) in [5.41, 5.74) is 5.04. The predicted molar refractivity (Wildman–Crippen MR) is 129 cm³/mol. The van der Waals surface area contributed by atoms with Gasteiger partial charge in [0.25, 0.3) is 0 Å². The van der Waals surface area contributed by atoms with E-state index in [9.17, 15) is 14.4 Å². The first-order valence-electron chi connectivity index (χ1n) is 11.6. The minimum atomic E-state index is -1.06. The lowest BCUT2D eigenvalue weighted by atomic mass is 9.98. The molecular formula is C26H28N4O5. The first-order chi connectivity index (χ1) is 17.0. The van der Waals surface area contributed by atoms with Crippen molar-refractivity contribution in [2.75, 3.05) is 6.61 Å². The van der Waals surface area contributed by atoms with Crippen molar-refractivity contribution in [1.29, 1.82) is 0 Å². The van der Waals surface area contributed by atoms with Gasteiger partial charge >= 0.3 is 12.1 Å². The summed E-state index contributed by atoms with van der Waals surface area (Å²) in [5.74, 6) is -1.67. The van der Waals surface area contributed by atoms with Crippen LogP contribution in [-0.4, -0.2) is 45.3 Å². The van der Waals surface area contributed by atoms with Crippen LogP contribution in [-0.2, 0) is 27.4 Å². The van der Waals surface area contributed by atoms with E-state index in [0.29, 0.717) is 5.69 Å². The minimum Gasteiger partial charge on any atom is -0.481 e. The van der Waals surface area contributed by atoms with Crippen molar-refractivity contribution in [2.45, 2.75) is 44.8 Å². The average Bonchev–Trinajstić information content (AvgIpc) is 3.46. The highest BCUT2D eigenvalue weighted by molar-refractivity contribution is 5.86. The molecule has 3 aromatic rings. The highest BCUT2D eigenvalue weighted by atomic mass is 16.5. The van der Waals surface area contributed by atoms with Gasteiger partial charge < -0.3 is 25.0 Å². The summed E-state index contributed by atoms with van der Waals surface area (Å²) in [6, 6.07) is 14.9. The number of imidazole rings is 1. The number of aromatic nitrogens is 2. The van der Waals surface area contributed by atoms with Crippen molar-refractivity contribution in [2.24, 2.45) is 0 Å². The Balaban J connectivity index is 1.38. The Labute approximate surface area is 203 Å². The number of benzene rings is 2. The number of nitrogens with zero attached hydrogens (tertiary/aromatic N) is 2. The Hall–Kier alpha value is -4.14. The van der Waals surface area contributed by atoms with Crippen molar-refractivity contribution in [3.8, 4) is 11.1 Å². The molecule has 1 heterocycles. The number of carboxylic acids is 1. The number of nitrogens with one attached hydrogen (secondary N) is 2. The molecule has 1 aliphatic rings. The number of aryl methyl sites for hydroxylation is 1. The Morgan fingerprint density at radius 2 is 1.74 bits per heavy atom. The quantitative estimate of drug-likeness (QED) is 0.413. The molecule has 1 unspecified atom stereocenters. The van der Waals surface area contributed by atoms with E-state index in [1.165, 1.54) is 0 Å². The fraction of sp³-hybridized carbons (Fsp3) is 0.308. The van der Waals surface area contributed by atoms with Gasteiger partial charge in [0.1, 0.15) is 12.6 Å². The zero-order valence-corrected chi connectivity index (χ0v) is 19.4. The molecular weight excluding hydrogens is 448 g/mol. The van der Waals surface area contributed by atoms with E-state index in [4.69, 9.17) is 9.84 Å². The van der Waals surface area contributed by atoms with Gasteiger partial charge in [-0.05, 0) is 35.6 Å². The average molecular weight is 477 g/mol. The van der Waals surface area contributed by atoms with Gasteiger partial charge in [-0.25, -0.2) is 9.78 Å². The highest BCUT2D eigenvalue weighted by Crippen LogP contribution is 2.44. The van der Waals surface area contributed by atoms with Crippen LogP contribution in [0.15, 0.2) is 61.1 Å². The molecule has 1 aliphatic carbocycles. The van der Waals surface area contributed by atoms with Crippen molar-refractivity contribution < 1.29 is 24.2 Å². The second kappa shape index (κ2) is 10.9. The van der Waals surface area contributed by atoms with Gasteiger partial charge in [-0.3, -0.25) is 9.59 Å². The first kappa shape index (κ1) is 24.0. The molecule has 35 heavy (non-hydrogen) atoms. The van der Waals surface area contributed by atoms with Crippen molar-refractivity contribution in [3.05, 3.63) is 77.9 Å². The number of alkyl carbamates (subject to hydrolysis) is 1. The van der Waals surface area contributed by atoms with Gasteiger partial charge in [-0.2, -0.15) is 0 Å². The normalized spacial score (nSPS) is 12.9. The zero-order valence-electron chi connectivity index (χ0n) is 19.4. The van der Waals surface area contributed by atoms with E-state index in [-0.39, 0.29) is 31.9 Å². The molecule has 182 valence electrons. The summed E-state index contributed by atoms with van der Waals surface area (Å²) < 4.78 is 7.39. The van der Waals surface area contributed by atoms with Crippen LogP contribution in [0.1, 0.15) is 42.5 Å². The highest BCUT2D eigenvalue weighted by Gasteiger charge is 2.30. The molecule has 0 aliphatic heterocycles. The van der Waals surface area contributed by atoms with Gasteiger partial charge in [0.2, 0.25) is 5.91 Å². The zero-order chi connectivity index (χ0) is 24.8. The number of amides is 2. The van der Waals surface area contributed by atoms with E-state index >= 15 is 0 Å². The molecule has 9 heteroatoms. The fourth-order valence-electron chi connectivity index (χ4n) is 4.29. The van der Waals surface area contributed by atoms with Gasteiger partial charge in [0, 0.05) is 25.1 Å². The second-order valence-corrected chi connectivity index (χ2v) is 8.37. The molecule has 0 saturated heterocycles. The van der Waals surface area contributed by atoms with Gasteiger partial charge in [0.05, 0.1) is 18.6 Å². The maximum Gasteiger partial charge on any atom is 0.407 e. The molecule has 0 bridgehead atoms. The third-order valence-electron chi connectivity index (χ3n) is 6.09. The van der Waals surface area contributed by atoms with Gasteiger partial charge in [-0.15, -0.1) is 0 Å². The Bertz CT molecular complexity index is 1180. The van der Waals surface area contributed by atoms with Crippen LogP contribution >= 0.6 is 0 Å². The third-order valence-corrected chi connectivity index (χ3v) is 6.09. The van der Waals surface area contributed by atoms with Crippen molar-refractivity contribution >= 4 is 18.0 Å². The second-order valence-electron chi connectivity index (χ2n) is 8.37. The molecule has 0 radical (unpaired) electrons. The summed E-state index contributed by atoms with van der Waals surface area (Å²) in [7, 11) is 0. The van der Waals surface area contributed by atoms with E-state index in [1.807, 2.05) is 66.2 Å². The van der Waals surface area contributed by atoms with E-state index in [0.717, 1.165) is 28.8 Å². The summed E-state index contributed by atoms with van der Waals surface area (Å²) >= 11 is 0. The first-order valence-corrected chi connectivity index (χ1v) is 11.6. The van der Waals surface area contributed by atoms with Gasteiger partial charge in [-0.1, -0.05) is 48.5 Å². The molecule has 0 saturated carbocycles. The molecule has 9 nitrogen and oxygen atoms in total. The lowest BCUT2D eigenvalue weighted by molar-refractivity contribution is -0.137. The molecule has 0 spiro atoms.